The molecule has 1 fully saturated rings. The summed E-state index contributed by atoms with van der Waals surface area (Å²) in [4.78, 5) is 31.1. The van der Waals surface area contributed by atoms with Gasteiger partial charge in [-0.25, -0.2) is 27.0 Å². The summed E-state index contributed by atoms with van der Waals surface area (Å²) < 4.78 is 51.2. The maximum absolute atomic E-state index is 14.6. The van der Waals surface area contributed by atoms with Gasteiger partial charge in [-0.2, -0.15) is 0 Å². The summed E-state index contributed by atoms with van der Waals surface area (Å²) in [6.45, 7) is -0.527. The normalized spacial score (nSPS) is 15.6. The van der Waals surface area contributed by atoms with Crippen LogP contribution in [0.4, 0.5) is 19.4 Å². The Morgan fingerprint density at radius 1 is 1.13 bits per heavy atom. The Bertz CT molecular complexity index is 1050. The number of nitrogens with zero attached hydrogens (tertiary/aromatic N) is 3. The van der Waals surface area contributed by atoms with E-state index in [1.54, 1.807) is 0 Å². The summed E-state index contributed by atoms with van der Waals surface area (Å²) in [5, 5.41) is 0. The van der Waals surface area contributed by atoms with Crippen LogP contribution in [0.1, 0.15) is 15.9 Å². The molecule has 1 aliphatic heterocycles. The van der Waals surface area contributed by atoms with Crippen molar-refractivity contribution in [3.63, 3.8) is 0 Å². The summed E-state index contributed by atoms with van der Waals surface area (Å²) in [6, 6.07) is 5.62. The van der Waals surface area contributed by atoms with Crippen LogP contribution < -0.4 is 10.6 Å². The van der Waals surface area contributed by atoms with Gasteiger partial charge in [0.25, 0.3) is 0 Å². The van der Waals surface area contributed by atoms with Crippen molar-refractivity contribution < 1.29 is 26.8 Å². The van der Waals surface area contributed by atoms with Gasteiger partial charge in [0.1, 0.15) is 17.5 Å². The number of amides is 2. The molecule has 1 aliphatic rings. The largest absolute Gasteiger partial charge is 0.326 e. The Kier molecular flexibility index (Phi) is 6.42. The summed E-state index contributed by atoms with van der Waals surface area (Å²) in [5.74, 6) is -2.01. The molecule has 2 amide bonds. The fraction of sp³-hybridized carbons (Fsp3) is 0.316. The predicted octanol–water partition coefficient (Wildman–Crippen LogP) is 1.36. The van der Waals surface area contributed by atoms with E-state index in [0.29, 0.717) is 0 Å². The molecule has 160 valence electrons. The second-order valence-corrected chi connectivity index (χ2v) is 9.08. The molecule has 1 aromatic heterocycles. The third-order valence-corrected chi connectivity index (χ3v) is 6.33. The second kappa shape index (κ2) is 8.84. The summed E-state index contributed by atoms with van der Waals surface area (Å²) in [5.41, 5.74) is 5.50. The lowest BCUT2D eigenvalue weighted by atomic mass is 10.1. The number of rotatable bonds is 5. The molecule has 0 saturated carbocycles. The number of halogens is 2. The number of carbonyl (C=O) groups is 2. The third kappa shape index (κ3) is 4.97. The van der Waals surface area contributed by atoms with Gasteiger partial charge in [-0.3, -0.25) is 9.69 Å². The number of sulfone groups is 1. The van der Waals surface area contributed by atoms with E-state index < -0.39 is 33.3 Å². The average molecular weight is 438 g/mol. The van der Waals surface area contributed by atoms with Gasteiger partial charge < -0.3 is 10.6 Å². The van der Waals surface area contributed by atoms with Crippen molar-refractivity contribution in [2.45, 2.75) is 6.54 Å². The Morgan fingerprint density at radius 3 is 2.40 bits per heavy atom. The molecule has 2 heterocycles. The maximum atomic E-state index is 14.6. The molecule has 0 atom stereocenters. The fourth-order valence-corrected chi connectivity index (χ4v) is 4.19. The highest BCUT2D eigenvalue weighted by molar-refractivity contribution is 7.91. The second-order valence-electron chi connectivity index (χ2n) is 6.78. The molecular weight excluding hydrogens is 418 g/mol. The van der Waals surface area contributed by atoms with E-state index >= 15 is 0 Å². The zero-order valence-corrected chi connectivity index (χ0v) is 16.7. The SMILES string of the molecule is NCC(=O)c1ccc(CN(C(=O)N2CCS(=O)(=O)CC2)c2ccc(F)cn2)c(F)c1. The molecule has 0 aliphatic carbocycles. The van der Waals surface area contributed by atoms with Crippen LogP contribution in [0.5, 0.6) is 0 Å². The van der Waals surface area contributed by atoms with Gasteiger partial charge in [0.2, 0.25) is 0 Å². The number of hydrogen-bond acceptors (Lipinski definition) is 6. The molecule has 2 N–H and O–H groups in total. The molecule has 0 bridgehead atoms. The lowest BCUT2D eigenvalue weighted by Gasteiger charge is -2.32. The molecule has 3 rings (SSSR count). The van der Waals surface area contributed by atoms with Crippen molar-refractivity contribution >= 4 is 27.5 Å². The lowest BCUT2D eigenvalue weighted by molar-refractivity contribution is 0.100. The Morgan fingerprint density at radius 2 is 1.83 bits per heavy atom. The van der Waals surface area contributed by atoms with Crippen LogP contribution in [0, 0.1) is 11.6 Å². The van der Waals surface area contributed by atoms with Gasteiger partial charge in [0.05, 0.1) is 30.8 Å². The van der Waals surface area contributed by atoms with Crippen LogP contribution in [-0.2, 0) is 16.4 Å². The Balaban J connectivity index is 1.89. The molecule has 30 heavy (non-hydrogen) atoms. The van der Waals surface area contributed by atoms with Crippen LogP contribution in [0.3, 0.4) is 0 Å². The van der Waals surface area contributed by atoms with Gasteiger partial charge in [-0.1, -0.05) is 12.1 Å². The highest BCUT2D eigenvalue weighted by Crippen LogP contribution is 2.21. The van der Waals surface area contributed by atoms with Crippen LogP contribution in [0.2, 0.25) is 0 Å². The Hall–Kier alpha value is -2.92. The number of ketones is 1. The third-order valence-electron chi connectivity index (χ3n) is 4.72. The highest BCUT2D eigenvalue weighted by atomic mass is 32.2. The standard InChI is InChI=1S/C19H20F2N4O4S/c20-15-3-4-18(23-11-15)25(19(27)24-5-7-30(28,29)8-6-24)12-14-2-1-13(9-16(14)21)17(26)10-22/h1-4,9,11H,5-8,10,12,22H2. The van der Waals surface area contributed by atoms with Crippen LogP contribution >= 0.6 is 0 Å². The van der Waals surface area contributed by atoms with Gasteiger partial charge in [0.15, 0.2) is 15.6 Å². The van der Waals surface area contributed by atoms with Crippen molar-refractivity contribution in [1.82, 2.24) is 9.88 Å². The zero-order chi connectivity index (χ0) is 21.9. The number of benzene rings is 1. The van der Waals surface area contributed by atoms with E-state index in [1.807, 2.05) is 0 Å². The van der Waals surface area contributed by atoms with Crippen LogP contribution in [-0.4, -0.2) is 61.3 Å². The van der Waals surface area contributed by atoms with Gasteiger partial charge >= 0.3 is 6.03 Å². The first-order valence-electron chi connectivity index (χ1n) is 9.10. The maximum Gasteiger partial charge on any atom is 0.326 e. The van der Waals surface area contributed by atoms with E-state index in [2.05, 4.69) is 4.98 Å². The van der Waals surface area contributed by atoms with Gasteiger partial charge in [-0.05, 0) is 18.2 Å². The topological polar surface area (TPSA) is 114 Å². The lowest BCUT2D eigenvalue weighted by Crippen LogP contribution is -2.50. The quantitative estimate of drug-likeness (QED) is 0.705. The minimum absolute atomic E-state index is 0.00865. The molecule has 1 aromatic carbocycles. The van der Waals surface area contributed by atoms with E-state index in [0.717, 1.165) is 23.2 Å². The van der Waals surface area contributed by atoms with Crippen molar-refractivity contribution in [3.05, 3.63) is 59.3 Å². The number of aromatic nitrogens is 1. The molecule has 2 aromatic rings. The number of Topliss-reactive ketones (excluding diaryl/α,β-unsaturated/α-hetero) is 1. The van der Waals surface area contributed by atoms with E-state index in [-0.39, 0.29) is 54.6 Å². The first-order valence-corrected chi connectivity index (χ1v) is 10.9. The van der Waals surface area contributed by atoms with Crippen LogP contribution in [0.25, 0.3) is 0 Å². The monoisotopic (exact) mass is 438 g/mol. The molecule has 8 nitrogen and oxygen atoms in total. The molecule has 11 heteroatoms. The molecule has 0 unspecified atom stereocenters. The summed E-state index contributed by atoms with van der Waals surface area (Å²) >= 11 is 0. The fourth-order valence-electron chi connectivity index (χ4n) is 2.99. The van der Waals surface area contributed by atoms with Crippen molar-refractivity contribution in [2.24, 2.45) is 5.73 Å². The average Bonchev–Trinajstić information content (AvgIpc) is 2.72. The zero-order valence-electron chi connectivity index (χ0n) is 15.9. The van der Waals surface area contributed by atoms with E-state index in [9.17, 15) is 26.8 Å². The molecule has 0 spiro atoms. The Labute approximate surface area is 172 Å². The number of urea groups is 1. The molecule has 0 radical (unpaired) electrons. The van der Waals surface area contributed by atoms with Crippen molar-refractivity contribution in [2.75, 3.05) is 36.0 Å². The van der Waals surface area contributed by atoms with Gasteiger partial charge in [-0.15, -0.1) is 0 Å². The molecule has 1 saturated heterocycles. The first kappa shape index (κ1) is 21.8. The molecular formula is C19H20F2N4O4S. The first-order chi connectivity index (χ1) is 14.2. The number of nitrogens with two attached hydrogens (primary N) is 1. The number of carbonyl (C=O) groups excluding carboxylic acids is 2. The highest BCUT2D eigenvalue weighted by Gasteiger charge is 2.30. The van der Waals surface area contributed by atoms with E-state index in [4.69, 9.17) is 5.73 Å². The number of anilines is 1. The van der Waals surface area contributed by atoms with Crippen molar-refractivity contribution in [3.8, 4) is 0 Å². The number of hydrogen-bond donors (Lipinski definition) is 1. The van der Waals surface area contributed by atoms with Crippen molar-refractivity contribution in [1.29, 1.82) is 0 Å². The minimum atomic E-state index is -3.21. The van der Waals surface area contributed by atoms with E-state index in [1.165, 1.54) is 23.1 Å². The predicted molar refractivity (Wildman–Crippen MR) is 106 cm³/mol. The number of pyridine rings is 1. The smallest absolute Gasteiger partial charge is 0.324 e. The summed E-state index contributed by atoms with van der Waals surface area (Å²) in [6.07, 6.45) is 0.926. The van der Waals surface area contributed by atoms with Crippen LogP contribution in [0.15, 0.2) is 36.5 Å². The summed E-state index contributed by atoms with van der Waals surface area (Å²) in [7, 11) is -3.21. The van der Waals surface area contributed by atoms with Gasteiger partial charge in [0, 0.05) is 24.2 Å². The minimum Gasteiger partial charge on any atom is -0.324 e.